The van der Waals surface area contributed by atoms with Crippen LogP contribution in [0.1, 0.15) is 18.1 Å². The van der Waals surface area contributed by atoms with E-state index in [0.29, 0.717) is 12.2 Å². The molecule has 0 aliphatic rings. The molecule has 2 aromatic carbocycles. The summed E-state index contributed by atoms with van der Waals surface area (Å²) < 4.78 is 1.04. The van der Waals surface area contributed by atoms with Gasteiger partial charge in [0.25, 0.3) is 0 Å². The predicted octanol–water partition coefficient (Wildman–Crippen LogP) is 4.64. The topological polar surface area (TPSA) is 38.4 Å². The normalized spacial score (nSPS) is 10.9. The first-order valence-corrected chi connectivity index (χ1v) is 7.19. The molecule has 3 heteroatoms. The van der Waals surface area contributed by atoms with Gasteiger partial charge in [-0.25, -0.2) is 0 Å². The molecule has 0 heterocycles. The lowest BCUT2D eigenvalue weighted by Gasteiger charge is -2.13. The second-order valence-corrected chi connectivity index (χ2v) is 5.39. The van der Waals surface area contributed by atoms with E-state index in [0.717, 1.165) is 21.2 Å². The zero-order valence-electron chi connectivity index (χ0n) is 11.4. The number of rotatable bonds is 4. The highest BCUT2D eigenvalue weighted by Gasteiger charge is 2.10. The molecule has 0 amide bonds. The highest BCUT2D eigenvalue weighted by Crippen LogP contribution is 2.32. The number of nitrogens with two attached hydrogens (primary N) is 1. The summed E-state index contributed by atoms with van der Waals surface area (Å²) in [4.78, 5) is 4.34. The number of halogens is 1. The molecule has 0 radical (unpaired) electrons. The monoisotopic (exact) mass is 328 g/mol. The Hall–Kier alpha value is -1.87. The highest BCUT2D eigenvalue weighted by molar-refractivity contribution is 9.10. The molecule has 0 aliphatic carbocycles. The fraction of sp³-hybridized carbons (Fsp3) is 0.118. The van der Waals surface area contributed by atoms with Crippen LogP contribution in [0, 0.1) is 0 Å². The number of aliphatic imine (C=N–C) groups is 1. The molecule has 2 nitrogen and oxygen atoms in total. The van der Waals surface area contributed by atoms with Gasteiger partial charge in [0.1, 0.15) is 0 Å². The van der Waals surface area contributed by atoms with Crippen molar-refractivity contribution in [2.75, 3.05) is 0 Å². The Morgan fingerprint density at radius 3 is 2.70 bits per heavy atom. The van der Waals surface area contributed by atoms with Crippen LogP contribution in [-0.2, 0) is 6.54 Å². The fourth-order valence-corrected chi connectivity index (χ4v) is 2.49. The molecule has 0 unspecified atom stereocenters. The Labute approximate surface area is 128 Å². The summed E-state index contributed by atoms with van der Waals surface area (Å²) in [6, 6.07) is 14.3. The Bertz CT molecular complexity index is 660. The molecule has 2 N–H and O–H groups in total. The van der Waals surface area contributed by atoms with Gasteiger partial charge in [-0.15, -0.1) is 0 Å². The van der Waals surface area contributed by atoms with E-state index in [1.165, 1.54) is 5.56 Å². The maximum Gasteiger partial charge on any atom is 0.0641 e. The van der Waals surface area contributed by atoms with Crippen LogP contribution in [-0.4, -0.2) is 6.21 Å². The van der Waals surface area contributed by atoms with Crippen molar-refractivity contribution in [3.63, 3.8) is 0 Å². The van der Waals surface area contributed by atoms with E-state index in [9.17, 15) is 0 Å². The van der Waals surface area contributed by atoms with Gasteiger partial charge in [0.05, 0.1) is 6.54 Å². The summed E-state index contributed by atoms with van der Waals surface area (Å²) in [5, 5.41) is 0. The van der Waals surface area contributed by atoms with E-state index in [1.54, 1.807) is 0 Å². The zero-order chi connectivity index (χ0) is 14.5. The van der Waals surface area contributed by atoms with Crippen molar-refractivity contribution < 1.29 is 0 Å². The molecule has 20 heavy (non-hydrogen) atoms. The predicted molar refractivity (Wildman–Crippen MR) is 90.7 cm³/mol. The van der Waals surface area contributed by atoms with Crippen molar-refractivity contribution in [3.05, 3.63) is 64.6 Å². The zero-order valence-corrected chi connectivity index (χ0v) is 13.0. The van der Waals surface area contributed by atoms with Crippen LogP contribution >= 0.6 is 15.9 Å². The van der Waals surface area contributed by atoms with Crippen LogP contribution in [0.5, 0.6) is 0 Å². The van der Waals surface area contributed by atoms with Crippen LogP contribution in [0.25, 0.3) is 16.8 Å². The summed E-state index contributed by atoms with van der Waals surface area (Å²) >= 11 is 3.53. The number of hydrogen-bond acceptors (Lipinski definition) is 2. The first kappa shape index (κ1) is 14.5. The van der Waals surface area contributed by atoms with Crippen molar-refractivity contribution >= 4 is 27.8 Å². The first-order chi connectivity index (χ1) is 9.63. The van der Waals surface area contributed by atoms with Crippen LogP contribution in [0.3, 0.4) is 0 Å². The number of benzene rings is 2. The van der Waals surface area contributed by atoms with Gasteiger partial charge in [0.2, 0.25) is 0 Å². The molecule has 0 aromatic heterocycles. The molecule has 2 rings (SSSR count). The van der Waals surface area contributed by atoms with Gasteiger partial charge in [0, 0.05) is 15.7 Å². The minimum atomic E-state index is 0.575. The van der Waals surface area contributed by atoms with E-state index in [1.807, 2.05) is 37.4 Å². The van der Waals surface area contributed by atoms with Gasteiger partial charge in [0.15, 0.2) is 0 Å². The van der Waals surface area contributed by atoms with Gasteiger partial charge < -0.3 is 5.73 Å². The van der Waals surface area contributed by atoms with Crippen LogP contribution in [0.2, 0.25) is 0 Å². The molecular weight excluding hydrogens is 312 g/mol. The smallest absolute Gasteiger partial charge is 0.0641 e. The third kappa shape index (κ3) is 3.17. The summed E-state index contributed by atoms with van der Waals surface area (Å²) in [6.45, 7) is 6.44. The third-order valence-electron chi connectivity index (χ3n) is 3.08. The van der Waals surface area contributed by atoms with Crippen molar-refractivity contribution in [3.8, 4) is 11.1 Å². The minimum absolute atomic E-state index is 0.575. The van der Waals surface area contributed by atoms with Gasteiger partial charge in [-0.05, 0) is 42.0 Å². The molecule has 102 valence electrons. The van der Waals surface area contributed by atoms with Crippen molar-refractivity contribution in [2.24, 2.45) is 10.7 Å². The van der Waals surface area contributed by atoms with Crippen molar-refractivity contribution in [2.45, 2.75) is 13.5 Å². The van der Waals surface area contributed by atoms with Crippen LogP contribution < -0.4 is 5.73 Å². The molecular formula is C17H17BrN2. The Morgan fingerprint density at radius 1 is 1.25 bits per heavy atom. The molecule has 0 spiro atoms. The standard InChI is InChI=1S/C17H17BrN2/c1-3-20-11-13-8-9-14(18)10-17(13)16-7-5-4-6-15(16)12(2)19/h3-10H,2,11,19H2,1H3. The lowest BCUT2D eigenvalue weighted by atomic mass is 9.94. The van der Waals surface area contributed by atoms with Crippen LogP contribution in [0.15, 0.2) is 58.5 Å². The second kappa shape index (κ2) is 6.53. The highest BCUT2D eigenvalue weighted by atomic mass is 79.9. The van der Waals surface area contributed by atoms with Crippen molar-refractivity contribution in [1.29, 1.82) is 0 Å². The van der Waals surface area contributed by atoms with Crippen LogP contribution in [0.4, 0.5) is 0 Å². The SMILES string of the molecule is C=C(N)c1ccccc1-c1cc(Br)ccc1CN=CC. The quantitative estimate of drug-likeness (QED) is 0.816. The first-order valence-electron chi connectivity index (χ1n) is 6.40. The van der Waals surface area contributed by atoms with E-state index in [4.69, 9.17) is 5.73 Å². The van der Waals surface area contributed by atoms with E-state index in [-0.39, 0.29) is 0 Å². The average Bonchev–Trinajstić information content (AvgIpc) is 2.46. The molecule has 2 aromatic rings. The summed E-state index contributed by atoms with van der Waals surface area (Å²) in [5.74, 6) is 0. The van der Waals surface area contributed by atoms with Gasteiger partial charge in [-0.3, -0.25) is 4.99 Å². The number of hydrogen-bond donors (Lipinski definition) is 1. The van der Waals surface area contributed by atoms with E-state index >= 15 is 0 Å². The fourth-order valence-electron chi connectivity index (χ4n) is 2.12. The average molecular weight is 329 g/mol. The maximum atomic E-state index is 5.90. The van der Waals surface area contributed by atoms with Gasteiger partial charge >= 0.3 is 0 Å². The largest absolute Gasteiger partial charge is 0.399 e. The summed E-state index contributed by atoms with van der Waals surface area (Å²) in [6.07, 6.45) is 1.82. The number of nitrogens with zero attached hydrogens (tertiary/aromatic N) is 1. The molecule has 0 saturated carbocycles. The minimum Gasteiger partial charge on any atom is -0.399 e. The summed E-state index contributed by atoms with van der Waals surface area (Å²) in [7, 11) is 0. The third-order valence-corrected chi connectivity index (χ3v) is 3.57. The second-order valence-electron chi connectivity index (χ2n) is 4.47. The van der Waals surface area contributed by atoms with Crippen molar-refractivity contribution in [1.82, 2.24) is 0 Å². The van der Waals surface area contributed by atoms with E-state index < -0.39 is 0 Å². The molecule has 0 atom stereocenters. The molecule has 0 bridgehead atoms. The summed E-state index contributed by atoms with van der Waals surface area (Å²) in [5.41, 5.74) is 10.8. The van der Waals surface area contributed by atoms with Gasteiger partial charge in [-0.2, -0.15) is 0 Å². The van der Waals surface area contributed by atoms with E-state index in [2.05, 4.69) is 45.7 Å². The van der Waals surface area contributed by atoms with Gasteiger partial charge in [-0.1, -0.05) is 52.8 Å². The lowest BCUT2D eigenvalue weighted by Crippen LogP contribution is -1.98. The maximum absolute atomic E-state index is 5.90. The molecule has 0 fully saturated rings. The lowest BCUT2D eigenvalue weighted by molar-refractivity contribution is 1.08. The Balaban J connectivity index is 2.62. The molecule has 0 saturated heterocycles. The Kier molecular flexibility index (Phi) is 4.74. The molecule has 0 aliphatic heterocycles. The Morgan fingerprint density at radius 2 is 2.00 bits per heavy atom.